The largest absolute Gasteiger partial charge is 0.462 e. The number of hydrogen-bond donors (Lipinski definition) is 0. The number of carbonyl (C=O) groups excluding carboxylic acids is 2. The highest BCUT2D eigenvalue weighted by Crippen LogP contribution is 2.15. The molecule has 0 aliphatic carbocycles. The smallest absolute Gasteiger partial charge is 0.341 e. The molecule has 0 aliphatic rings. The van der Waals surface area contributed by atoms with Crippen LogP contribution in [0.25, 0.3) is 0 Å². The van der Waals surface area contributed by atoms with Gasteiger partial charge in [0, 0.05) is 0 Å². The summed E-state index contributed by atoms with van der Waals surface area (Å²) in [6.45, 7) is 9.63. The minimum Gasteiger partial charge on any atom is -0.462 e. The second-order valence-corrected chi connectivity index (χ2v) is 4.81. The van der Waals surface area contributed by atoms with Crippen molar-refractivity contribution in [2.75, 3.05) is 6.61 Å². The van der Waals surface area contributed by atoms with Gasteiger partial charge in [-0.25, -0.2) is 4.79 Å². The molecule has 0 radical (unpaired) electrons. The minimum atomic E-state index is -0.472. The number of Topliss-reactive ketones (excluding diaryl/α,β-unsaturated/α-hetero) is 1. The number of esters is 1. The van der Waals surface area contributed by atoms with Crippen LogP contribution in [0.3, 0.4) is 0 Å². The molecule has 0 saturated carbocycles. The lowest BCUT2D eigenvalue weighted by atomic mass is 10.0. The van der Waals surface area contributed by atoms with Crippen LogP contribution < -0.4 is 0 Å². The van der Waals surface area contributed by atoms with Gasteiger partial charge in [-0.1, -0.05) is 32.8 Å². The summed E-state index contributed by atoms with van der Waals surface area (Å²) in [5.41, 5.74) is 1.08. The van der Waals surface area contributed by atoms with E-state index in [-0.39, 0.29) is 17.3 Å². The van der Waals surface area contributed by atoms with E-state index in [4.69, 9.17) is 4.74 Å². The average molecular weight is 240 g/mol. The molecule has 0 aromatic rings. The molecule has 0 atom stereocenters. The van der Waals surface area contributed by atoms with E-state index in [0.29, 0.717) is 6.61 Å². The summed E-state index contributed by atoms with van der Waals surface area (Å²) in [5.74, 6) is -0.393. The van der Waals surface area contributed by atoms with E-state index in [1.54, 1.807) is 0 Å². The summed E-state index contributed by atoms with van der Waals surface area (Å²) in [4.78, 5) is 23.3. The quantitative estimate of drug-likeness (QED) is 0.297. The van der Waals surface area contributed by atoms with Gasteiger partial charge in [0.25, 0.3) is 0 Å². The van der Waals surface area contributed by atoms with Gasteiger partial charge >= 0.3 is 5.97 Å². The lowest BCUT2D eigenvalue weighted by molar-refractivity contribution is -0.141. The summed E-state index contributed by atoms with van der Waals surface area (Å²) >= 11 is 0. The average Bonchev–Trinajstić information content (AvgIpc) is 2.23. The summed E-state index contributed by atoms with van der Waals surface area (Å²) in [6.07, 6.45) is 2.81. The van der Waals surface area contributed by atoms with Crippen molar-refractivity contribution in [3.63, 3.8) is 0 Å². The Morgan fingerprint density at radius 2 is 1.76 bits per heavy atom. The van der Waals surface area contributed by atoms with Crippen molar-refractivity contribution in [3.8, 4) is 0 Å². The first-order valence-corrected chi connectivity index (χ1v) is 6.27. The van der Waals surface area contributed by atoms with E-state index in [1.165, 1.54) is 6.92 Å². The molecule has 98 valence electrons. The van der Waals surface area contributed by atoms with Gasteiger partial charge in [-0.15, -0.1) is 0 Å². The molecule has 3 heteroatoms. The number of ether oxygens (including phenoxy) is 1. The number of allylic oxidation sites excluding steroid dienone is 1. The zero-order valence-corrected chi connectivity index (χ0v) is 11.6. The maximum atomic E-state index is 11.8. The number of rotatable bonds is 7. The number of unbranched alkanes of at least 4 members (excludes halogenated alkanes) is 1. The van der Waals surface area contributed by atoms with Crippen LogP contribution in [0.2, 0.25) is 0 Å². The Kier molecular flexibility index (Phi) is 7.51. The van der Waals surface area contributed by atoms with Crippen LogP contribution in [0.1, 0.15) is 53.9 Å². The third-order valence-electron chi connectivity index (χ3n) is 2.44. The molecule has 0 aromatic carbocycles. The molecule has 0 heterocycles. The molecule has 0 rings (SSSR count). The molecular formula is C14H24O3. The zero-order valence-electron chi connectivity index (χ0n) is 11.6. The number of carbonyl (C=O) groups is 2. The summed E-state index contributed by atoms with van der Waals surface area (Å²) in [5, 5.41) is 0. The van der Waals surface area contributed by atoms with Crippen LogP contribution in [-0.2, 0) is 14.3 Å². The standard InChI is InChI=1S/C14H24O3/c1-6-7-8-11(4)13(12(5)15)14(16)17-9-10(2)3/h10H,6-9H2,1-5H3. The van der Waals surface area contributed by atoms with Crippen molar-refractivity contribution in [2.24, 2.45) is 5.92 Å². The van der Waals surface area contributed by atoms with E-state index < -0.39 is 5.97 Å². The van der Waals surface area contributed by atoms with Crippen LogP contribution in [0.5, 0.6) is 0 Å². The third kappa shape index (κ3) is 6.25. The monoisotopic (exact) mass is 240 g/mol. The van der Waals surface area contributed by atoms with E-state index in [2.05, 4.69) is 6.92 Å². The molecule has 17 heavy (non-hydrogen) atoms. The fourth-order valence-corrected chi connectivity index (χ4v) is 1.50. The van der Waals surface area contributed by atoms with Crippen LogP contribution in [0.4, 0.5) is 0 Å². The van der Waals surface area contributed by atoms with Crippen LogP contribution in [0.15, 0.2) is 11.1 Å². The molecular weight excluding hydrogens is 216 g/mol. The fraction of sp³-hybridized carbons (Fsp3) is 0.714. The minimum absolute atomic E-state index is 0.202. The Bertz CT molecular complexity index is 301. The van der Waals surface area contributed by atoms with Gasteiger partial charge in [0.05, 0.1) is 6.61 Å². The highest BCUT2D eigenvalue weighted by Gasteiger charge is 2.19. The summed E-state index contributed by atoms with van der Waals surface area (Å²) in [7, 11) is 0. The first-order valence-electron chi connectivity index (χ1n) is 6.27. The van der Waals surface area contributed by atoms with Gasteiger partial charge in [-0.05, 0) is 32.6 Å². The first kappa shape index (κ1) is 15.9. The zero-order chi connectivity index (χ0) is 13.4. The molecule has 0 spiro atoms. The van der Waals surface area contributed by atoms with E-state index in [1.807, 2.05) is 20.8 Å². The van der Waals surface area contributed by atoms with Crippen molar-refractivity contribution in [1.29, 1.82) is 0 Å². The van der Waals surface area contributed by atoms with E-state index in [0.717, 1.165) is 24.8 Å². The van der Waals surface area contributed by atoms with Crippen molar-refractivity contribution in [2.45, 2.75) is 53.9 Å². The lowest BCUT2D eigenvalue weighted by Crippen LogP contribution is -2.18. The predicted molar refractivity (Wildman–Crippen MR) is 68.7 cm³/mol. The van der Waals surface area contributed by atoms with Gasteiger partial charge in [0.15, 0.2) is 5.78 Å². The second-order valence-electron chi connectivity index (χ2n) is 4.81. The second kappa shape index (κ2) is 8.04. The maximum absolute atomic E-state index is 11.8. The summed E-state index contributed by atoms with van der Waals surface area (Å²) < 4.78 is 5.11. The number of hydrogen-bond acceptors (Lipinski definition) is 3. The Hall–Kier alpha value is -1.12. The number of ketones is 1. The highest BCUT2D eigenvalue weighted by atomic mass is 16.5. The Labute approximate surface area is 104 Å². The highest BCUT2D eigenvalue weighted by molar-refractivity contribution is 6.16. The maximum Gasteiger partial charge on any atom is 0.341 e. The van der Waals surface area contributed by atoms with E-state index >= 15 is 0 Å². The van der Waals surface area contributed by atoms with Gasteiger partial charge in [0.2, 0.25) is 0 Å². The van der Waals surface area contributed by atoms with Crippen LogP contribution in [0, 0.1) is 5.92 Å². The van der Waals surface area contributed by atoms with Crippen molar-refractivity contribution in [1.82, 2.24) is 0 Å². The molecule has 0 fully saturated rings. The van der Waals surface area contributed by atoms with Crippen LogP contribution in [-0.4, -0.2) is 18.4 Å². The normalized spacial score (nSPS) is 12.4. The molecule has 0 aliphatic heterocycles. The molecule has 0 unspecified atom stereocenters. The topological polar surface area (TPSA) is 43.4 Å². The Balaban J connectivity index is 4.72. The SMILES string of the molecule is CCCCC(C)=C(C(C)=O)C(=O)OCC(C)C. The van der Waals surface area contributed by atoms with Gasteiger partial charge in [0.1, 0.15) is 5.57 Å². The van der Waals surface area contributed by atoms with Gasteiger partial charge in [-0.3, -0.25) is 4.79 Å². The van der Waals surface area contributed by atoms with Crippen molar-refractivity contribution in [3.05, 3.63) is 11.1 Å². The molecule has 0 amide bonds. The molecule has 0 bridgehead atoms. The Morgan fingerprint density at radius 3 is 2.18 bits per heavy atom. The molecule has 0 N–H and O–H groups in total. The van der Waals surface area contributed by atoms with Crippen molar-refractivity contribution < 1.29 is 14.3 Å². The fourth-order valence-electron chi connectivity index (χ4n) is 1.50. The van der Waals surface area contributed by atoms with Crippen LogP contribution >= 0.6 is 0 Å². The molecule has 0 saturated heterocycles. The van der Waals surface area contributed by atoms with Crippen molar-refractivity contribution >= 4 is 11.8 Å². The third-order valence-corrected chi connectivity index (χ3v) is 2.44. The molecule has 3 nitrogen and oxygen atoms in total. The Morgan fingerprint density at radius 1 is 1.18 bits per heavy atom. The lowest BCUT2D eigenvalue weighted by Gasteiger charge is -2.11. The first-order chi connectivity index (χ1) is 7.90. The predicted octanol–water partition coefficient (Wildman–Crippen LogP) is 3.28. The summed E-state index contributed by atoms with van der Waals surface area (Å²) in [6, 6.07) is 0. The molecule has 0 aromatic heterocycles. The van der Waals surface area contributed by atoms with Gasteiger partial charge in [-0.2, -0.15) is 0 Å². The van der Waals surface area contributed by atoms with E-state index in [9.17, 15) is 9.59 Å². The van der Waals surface area contributed by atoms with Gasteiger partial charge < -0.3 is 4.74 Å².